The second-order valence-corrected chi connectivity index (χ2v) is 12.3. The average molecular weight is 663 g/mol. The number of aliphatic hydroxyl groups is 1. The lowest BCUT2D eigenvalue weighted by Gasteiger charge is -2.47. The van der Waals surface area contributed by atoms with Crippen LogP contribution in [0.3, 0.4) is 0 Å². The SMILES string of the molecule is COC1C(OC(=O)c2ccc(C)[nH]2)C(O)C(Oc2ccc3c(O)c(NC(=O)c4ccc(O)c(CC=C(C)C)c4)c(=O)oc3c2)OC1(C)C. The standard InChI is InChI=1S/C35H38N2O11/c1-17(2)7-9-19-15-20(10-14-24(19)38)31(41)37-26-27(39)22-12-11-21(16-25(22)46-33(26)43)45-34-28(40)29(30(44-6)35(4,5)48-34)47-32(42)23-13-8-18(3)36-23/h7-8,10-16,28-30,34,36,38-40H,9H2,1-6H3,(H,37,41). The minimum Gasteiger partial charge on any atom is -0.508 e. The maximum atomic E-state index is 13.0. The summed E-state index contributed by atoms with van der Waals surface area (Å²) in [4.78, 5) is 41.7. The molecule has 4 aromatic rings. The van der Waals surface area contributed by atoms with E-state index in [0.717, 1.165) is 11.3 Å². The van der Waals surface area contributed by atoms with Crippen molar-refractivity contribution in [2.45, 2.75) is 71.2 Å². The molecule has 0 aliphatic carbocycles. The number of H-pyrrole nitrogens is 1. The molecule has 3 heterocycles. The second-order valence-electron chi connectivity index (χ2n) is 12.3. The number of aromatic hydroxyl groups is 2. The summed E-state index contributed by atoms with van der Waals surface area (Å²) in [6, 6.07) is 11.7. The second kappa shape index (κ2) is 13.6. The molecule has 0 saturated carbocycles. The van der Waals surface area contributed by atoms with Gasteiger partial charge in [-0.3, -0.25) is 4.79 Å². The maximum Gasteiger partial charge on any atom is 0.364 e. The Kier molecular flexibility index (Phi) is 9.66. The number of rotatable bonds is 9. The van der Waals surface area contributed by atoms with Crippen LogP contribution in [0.25, 0.3) is 11.0 Å². The van der Waals surface area contributed by atoms with E-state index in [1.54, 1.807) is 32.9 Å². The van der Waals surface area contributed by atoms with E-state index in [9.17, 15) is 29.7 Å². The average Bonchev–Trinajstić information content (AvgIpc) is 3.47. The zero-order valence-corrected chi connectivity index (χ0v) is 27.3. The van der Waals surface area contributed by atoms with Crippen molar-refractivity contribution in [1.29, 1.82) is 0 Å². The lowest BCUT2D eigenvalue weighted by Crippen LogP contribution is -2.65. The number of aromatic amines is 1. The Bertz CT molecular complexity index is 1940. The normalized spacial score (nSPS) is 20.2. The van der Waals surface area contributed by atoms with Gasteiger partial charge in [0.25, 0.3) is 5.91 Å². The first-order chi connectivity index (χ1) is 22.7. The molecule has 1 saturated heterocycles. The molecule has 1 aliphatic rings. The zero-order chi connectivity index (χ0) is 34.9. The number of hydrogen-bond acceptors (Lipinski definition) is 11. The highest BCUT2D eigenvalue weighted by Crippen LogP contribution is 2.37. The number of phenolic OH excluding ortho intramolecular Hbond substituents is 1. The van der Waals surface area contributed by atoms with Crippen molar-refractivity contribution in [2.24, 2.45) is 0 Å². The third kappa shape index (κ3) is 7.08. The largest absolute Gasteiger partial charge is 0.508 e. The molecule has 2 aromatic carbocycles. The van der Waals surface area contributed by atoms with Crippen LogP contribution in [0.1, 0.15) is 59.8 Å². The summed E-state index contributed by atoms with van der Waals surface area (Å²) < 4.78 is 28.6. The number of methoxy groups -OCH3 is 1. The summed E-state index contributed by atoms with van der Waals surface area (Å²) in [5.41, 5.74) is -0.00845. The lowest BCUT2D eigenvalue weighted by molar-refractivity contribution is -0.305. The lowest BCUT2D eigenvalue weighted by atomic mass is 9.89. The van der Waals surface area contributed by atoms with Gasteiger partial charge in [-0.1, -0.05) is 11.6 Å². The van der Waals surface area contributed by atoms with Crippen molar-refractivity contribution < 1.29 is 48.3 Å². The van der Waals surface area contributed by atoms with Crippen molar-refractivity contribution in [3.63, 3.8) is 0 Å². The molecule has 4 unspecified atom stereocenters. The van der Waals surface area contributed by atoms with E-state index in [1.807, 2.05) is 19.9 Å². The van der Waals surface area contributed by atoms with Gasteiger partial charge >= 0.3 is 11.6 Å². The van der Waals surface area contributed by atoms with E-state index in [2.05, 4.69) is 10.3 Å². The van der Waals surface area contributed by atoms with Gasteiger partial charge in [0.15, 0.2) is 23.6 Å². The molecule has 2 aromatic heterocycles. The number of anilines is 1. The van der Waals surface area contributed by atoms with Crippen LogP contribution in [0.15, 0.2) is 69.4 Å². The van der Waals surface area contributed by atoms with Gasteiger partial charge in [0, 0.05) is 24.4 Å². The van der Waals surface area contributed by atoms with Crippen molar-refractivity contribution in [3.05, 3.63) is 93.1 Å². The number of aryl methyl sites for hydroxylation is 1. The van der Waals surface area contributed by atoms with Gasteiger partial charge in [-0.25, -0.2) is 9.59 Å². The van der Waals surface area contributed by atoms with Crippen LogP contribution in [0.5, 0.6) is 17.2 Å². The number of amides is 1. The van der Waals surface area contributed by atoms with Gasteiger partial charge < -0.3 is 49.0 Å². The number of aromatic nitrogens is 1. The summed E-state index contributed by atoms with van der Waals surface area (Å²) >= 11 is 0. The Labute approximate surface area is 275 Å². The van der Waals surface area contributed by atoms with E-state index in [4.69, 9.17) is 23.4 Å². The molecule has 5 N–H and O–H groups in total. The third-order valence-corrected chi connectivity index (χ3v) is 7.98. The molecule has 13 heteroatoms. The number of carbonyl (C=O) groups is 2. The van der Waals surface area contributed by atoms with E-state index >= 15 is 0 Å². The maximum absolute atomic E-state index is 13.0. The predicted octanol–water partition coefficient (Wildman–Crippen LogP) is 4.72. The molecule has 5 rings (SSSR count). The van der Waals surface area contributed by atoms with Crippen LogP contribution in [-0.2, 0) is 20.6 Å². The Balaban J connectivity index is 1.37. The van der Waals surface area contributed by atoms with E-state index in [0.29, 0.717) is 12.0 Å². The van der Waals surface area contributed by atoms with E-state index in [-0.39, 0.29) is 33.7 Å². The number of esters is 1. The first-order valence-electron chi connectivity index (χ1n) is 15.2. The molecule has 1 aliphatic heterocycles. The van der Waals surface area contributed by atoms with Crippen LogP contribution in [-0.4, -0.2) is 69.5 Å². The molecule has 1 fully saturated rings. The number of fused-ring (bicyclic) bond motifs is 1. The van der Waals surface area contributed by atoms with Crippen molar-refractivity contribution in [1.82, 2.24) is 4.98 Å². The first-order valence-corrected chi connectivity index (χ1v) is 15.2. The van der Waals surface area contributed by atoms with Crippen LogP contribution >= 0.6 is 0 Å². The van der Waals surface area contributed by atoms with E-state index < -0.39 is 59.1 Å². The van der Waals surface area contributed by atoms with Gasteiger partial charge in [0.2, 0.25) is 6.29 Å². The fourth-order valence-corrected chi connectivity index (χ4v) is 5.49. The van der Waals surface area contributed by atoms with Crippen molar-refractivity contribution in [3.8, 4) is 17.2 Å². The van der Waals surface area contributed by atoms with Gasteiger partial charge in [0.1, 0.15) is 28.9 Å². The van der Waals surface area contributed by atoms with Gasteiger partial charge in [-0.05, 0) is 89.1 Å². The summed E-state index contributed by atoms with van der Waals surface area (Å²) in [5.74, 6) is -1.82. The number of carbonyl (C=O) groups excluding carboxylic acids is 2. The van der Waals surface area contributed by atoms with Crippen molar-refractivity contribution >= 4 is 28.5 Å². The van der Waals surface area contributed by atoms with E-state index in [1.165, 1.54) is 43.5 Å². The number of ether oxygens (including phenoxy) is 4. The zero-order valence-electron chi connectivity index (χ0n) is 27.3. The summed E-state index contributed by atoms with van der Waals surface area (Å²) in [6.07, 6.45) is -2.61. The highest BCUT2D eigenvalue weighted by molar-refractivity contribution is 6.06. The Hall–Kier alpha value is -5.11. The monoisotopic (exact) mass is 662 g/mol. The fraction of sp³-hybridized carbons (Fsp3) is 0.343. The molecular weight excluding hydrogens is 624 g/mol. The summed E-state index contributed by atoms with van der Waals surface area (Å²) in [6.45, 7) is 9.00. The molecule has 0 bridgehead atoms. The third-order valence-electron chi connectivity index (χ3n) is 7.98. The molecule has 13 nitrogen and oxygen atoms in total. The molecule has 0 spiro atoms. The molecule has 1 amide bonds. The number of phenols is 1. The minimum atomic E-state index is -1.50. The minimum absolute atomic E-state index is 0.0200. The summed E-state index contributed by atoms with van der Waals surface area (Å²) in [5, 5.41) is 34.9. The van der Waals surface area contributed by atoms with Crippen LogP contribution in [0.2, 0.25) is 0 Å². The highest BCUT2D eigenvalue weighted by Gasteiger charge is 2.53. The van der Waals surface area contributed by atoms with Gasteiger partial charge in [0.05, 0.1) is 11.0 Å². The Morgan fingerprint density at radius 3 is 2.50 bits per heavy atom. The fourth-order valence-electron chi connectivity index (χ4n) is 5.49. The smallest absolute Gasteiger partial charge is 0.364 e. The number of aliphatic hydroxyl groups excluding tert-OH is 1. The summed E-state index contributed by atoms with van der Waals surface area (Å²) in [7, 11) is 1.41. The van der Waals surface area contributed by atoms with Crippen LogP contribution in [0.4, 0.5) is 5.69 Å². The molecule has 4 atom stereocenters. The first kappa shape index (κ1) is 34.2. The molecule has 0 radical (unpaired) electrons. The Morgan fingerprint density at radius 1 is 1.08 bits per heavy atom. The topological polar surface area (TPSA) is 190 Å². The predicted molar refractivity (Wildman–Crippen MR) is 174 cm³/mol. The van der Waals surface area contributed by atoms with Crippen molar-refractivity contribution in [2.75, 3.05) is 12.4 Å². The van der Waals surface area contributed by atoms with Crippen LogP contribution in [0, 0.1) is 6.92 Å². The highest BCUT2D eigenvalue weighted by atomic mass is 16.7. The number of hydrogen-bond donors (Lipinski definition) is 5. The number of nitrogens with one attached hydrogen (secondary N) is 2. The van der Waals surface area contributed by atoms with Gasteiger partial charge in [-0.2, -0.15) is 0 Å². The molecular formula is C35H38N2O11. The van der Waals surface area contributed by atoms with Crippen LogP contribution < -0.4 is 15.7 Å². The number of allylic oxidation sites excluding steroid dienone is 2. The Morgan fingerprint density at radius 2 is 1.83 bits per heavy atom. The number of benzene rings is 2. The molecule has 254 valence electrons. The van der Waals surface area contributed by atoms with Gasteiger partial charge in [-0.15, -0.1) is 0 Å². The quantitative estimate of drug-likeness (QED) is 0.0947. The molecule has 48 heavy (non-hydrogen) atoms.